The maximum absolute atomic E-state index is 14.8. The summed E-state index contributed by atoms with van der Waals surface area (Å²) in [6.45, 7) is 1.67. The van der Waals surface area contributed by atoms with Gasteiger partial charge in [-0.3, -0.25) is 0 Å². The van der Waals surface area contributed by atoms with E-state index in [0.717, 1.165) is 59.3 Å². The normalized spacial score (nSPS) is 29.7. The van der Waals surface area contributed by atoms with Crippen molar-refractivity contribution in [2.24, 2.45) is 0 Å². The number of fused-ring (bicyclic) bond motifs is 9. The topological polar surface area (TPSA) is 92.1 Å². The highest BCUT2D eigenvalue weighted by Gasteiger charge is 2.69. The molecule has 2 aromatic carbocycles. The van der Waals surface area contributed by atoms with E-state index in [4.69, 9.17) is 4.74 Å². The molecule has 0 radical (unpaired) electrons. The van der Waals surface area contributed by atoms with Gasteiger partial charge >= 0.3 is 5.97 Å². The maximum atomic E-state index is 14.8. The number of ether oxygens (including phenoxy) is 1. The molecule has 41 heavy (non-hydrogen) atoms. The summed E-state index contributed by atoms with van der Waals surface area (Å²) in [4.78, 5) is 14.4. The van der Waals surface area contributed by atoms with Crippen molar-refractivity contribution in [1.29, 1.82) is 0 Å². The van der Waals surface area contributed by atoms with Gasteiger partial charge in [-0.15, -0.1) is 0 Å². The molecule has 9 heteroatoms. The van der Waals surface area contributed by atoms with Crippen LogP contribution in [0.2, 0.25) is 0 Å². The van der Waals surface area contributed by atoms with E-state index in [9.17, 15) is 18.3 Å². The lowest BCUT2D eigenvalue weighted by Crippen LogP contribution is -2.52. The highest BCUT2D eigenvalue weighted by Crippen LogP contribution is 2.64. The zero-order chi connectivity index (χ0) is 28.3. The molecule has 0 amide bonds. The summed E-state index contributed by atoms with van der Waals surface area (Å²) in [5.41, 5.74) is 5.53. The van der Waals surface area contributed by atoms with Crippen LogP contribution in [0.1, 0.15) is 78.3 Å². The largest absolute Gasteiger partial charge is 0.497 e. The van der Waals surface area contributed by atoms with Crippen LogP contribution >= 0.6 is 0 Å². The van der Waals surface area contributed by atoms with Crippen LogP contribution in [0.25, 0.3) is 22.2 Å². The molecule has 4 heterocycles. The first-order valence-corrected chi connectivity index (χ1v) is 16.5. The summed E-state index contributed by atoms with van der Waals surface area (Å²) in [5, 5.41) is 11.0. The molecule has 2 saturated heterocycles. The molecule has 8 nitrogen and oxygen atoms in total. The first-order valence-electron chi connectivity index (χ1n) is 15.0. The van der Waals surface area contributed by atoms with Crippen molar-refractivity contribution in [3.8, 4) is 17.0 Å². The van der Waals surface area contributed by atoms with Gasteiger partial charge in [0.25, 0.3) is 0 Å². The second-order valence-corrected chi connectivity index (χ2v) is 15.3. The van der Waals surface area contributed by atoms with Crippen LogP contribution in [0.3, 0.4) is 0 Å². The monoisotopic (exact) mass is 575 g/mol. The van der Waals surface area contributed by atoms with E-state index in [1.54, 1.807) is 19.2 Å². The van der Waals surface area contributed by atoms with Gasteiger partial charge in [-0.25, -0.2) is 13.2 Å². The van der Waals surface area contributed by atoms with Crippen LogP contribution in [-0.4, -0.2) is 77.3 Å². The van der Waals surface area contributed by atoms with Crippen molar-refractivity contribution in [3.63, 3.8) is 0 Å². The van der Waals surface area contributed by atoms with Gasteiger partial charge in [-0.1, -0.05) is 25.3 Å². The molecule has 8 rings (SSSR count). The third-order valence-corrected chi connectivity index (χ3v) is 13.7. The van der Waals surface area contributed by atoms with Gasteiger partial charge in [0.15, 0.2) is 0 Å². The smallest absolute Gasteiger partial charge is 0.335 e. The Bertz CT molecular complexity index is 1710. The van der Waals surface area contributed by atoms with E-state index in [-0.39, 0.29) is 23.6 Å². The van der Waals surface area contributed by atoms with Crippen molar-refractivity contribution < 1.29 is 23.1 Å². The molecule has 4 atom stereocenters. The highest BCUT2D eigenvalue weighted by atomic mass is 32.2. The lowest BCUT2D eigenvalue weighted by atomic mass is 9.81. The van der Waals surface area contributed by atoms with E-state index in [1.807, 2.05) is 16.4 Å². The number of likely N-dealkylation sites (tertiary alicyclic amines) is 1. The van der Waals surface area contributed by atoms with E-state index in [0.29, 0.717) is 25.4 Å². The first-order chi connectivity index (χ1) is 19.7. The molecule has 4 unspecified atom stereocenters. The Morgan fingerprint density at radius 2 is 1.85 bits per heavy atom. The number of nitrogens with zero attached hydrogens (tertiary/aromatic N) is 3. The zero-order valence-electron chi connectivity index (χ0n) is 23.7. The minimum absolute atomic E-state index is 0.0240. The third-order valence-electron chi connectivity index (χ3n) is 11.0. The molecule has 4 fully saturated rings. The molecule has 5 aliphatic rings. The number of methoxy groups -OCH3 is 1. The van der Waals surface area contributed by atoms with Crippen molar-refractivity contribution in [1.82, 2.24) is 13.8 Å². The fourth-order valence-electron chi connectivity index (χ4n) is 8.79. The van der Waals surface area contributed by atoms with Crippen molar-refractivity contribution >= 4 is 26.9 Å². The summed E-state index contributed by atoms with van der Waals surface area (Å²) in [5.74, 6) is -0.00347. The molecule has 2 bridgehead atoms. The van der Waals surface area contributed by atoms with E-state index in [1.165, 1.54) is 24.8 Å². The Kier molecular flexibility index (Phi) is 5.55. The summed E-state index contributed by atoms with van der Waals surface area (Å²) in [6.07, 6.45) is 7.23. The minimum Gasteiger partial charge on any atom is -0.497 e. The number of likely N-dealkylation sites (N-methyl/N-ethyl adjacent to an activating group) is 1. The Labute approximate surface area is 240 Å². The van der Waals surface area contributed by atoms with Crippen LogP contribution in [0.15, 0.2) is 36.4 Å². The number of hydrogen-bond acceptors (Lipinski definition) is 5. The van der Waals surface area contributed by atoms with Crippen LogP contribution in [0, 0.1) is 0 Å². The van der Waals surface area contributed by atoms with Gasteiger partial charge < -0.3 is 19.3 Å². The molecule has 0 spiro atoms. The summed E-state index contributed by atoms with van der Waals surface area (Å²) in [7, 11) is 0.0949. The van der Waals surface area contributed by atoms with Crippen molar-refractivity contribution in [2.45, 2.75) is 80.2 Å². The number of aromatic carboxylic acids is 1. The molecule has 3 aliphatic heterocycles. The number of rotatable bonds is 5. The number of aromatic nitrogens is 1. The van der Waals surface area contributed by atoms with Crippen molar-refractivity contribution in [3.05, 3.63) is 53.1 Å². The third kappa shape index (κ3) is 3.52. The summed E-state index contributed by atoms with van der Waals surface area (Å²) in [6, 6.07) is 11.9. The quantitative estimate of drug-likeness (QED) is 0.459. The number of hydrogen-bond donors (Lipinski definition) is 1. The Morgan fingerprint density at radius 1 is 1.05 bits per heavy atom. The van der Waals surface area contributed by atoms with Crippen LogP contribution in [0.4, 0.5) is 0 Å². The van der Waals surface area contributed by atoms with Gasteiger partial charge in [0.2, 0.25) is 10.0 Å². The molecule has 216 valence electrons. The summed E-state index contributed by atoms with van der Waals surface area (Å²) >= 11 is 0. The number of sulfonamides is 1. The molecule has 1 aromatic heterocycles. The number of carbonyl (C=O) groups is 1. The van der Waals surface area contributed by atoms with E-state index in [2.05, 4.69) is 28.6 Å². The molecule has 2 aliphatic carbocycles. The van der Waals surface area contributed by atoms with Crippen LogP contribution < -0.4 is 4.74 Å². The lowest BCUT2D eigenvalue weighted by molar-refractivity contribution is 0.0697. The fourth-order valence-corrected chi connectivity index (χ4v) is 11.3. The van der Waals surface area contributed by atoms with Gasteiger partial charge in [-0.05, 0) is 80.1 Å². The fraction of sp³-hybridized carbons (Fsp3) is 0.531. The predicted molar refractivity (Wildman–Crippen MR) is 157 cm³/mol. The second kappa shape index (κ2) is 8.82. The minimum atomic E-state index is -3.65. The van der Waals surface area contributed by atoms with E-state index < -0.39 is 20.7 Å². The van der Waals surface area contributed by atoms with E-state index >= 15 is 0 Å². The average molecular weight is 576 g/mol. The van der Waals surface area contributed by atoms with Gasteiger partial charge in [0.1, 0.15) is 10.5 Å². The second-order valence-electron chi connectivity index (χ2n) is 13.1. The molecule has 2 saturated carbocycles. The Hall–Kier alpha value is -2.88. The number of piperazine rings is 1. The molecule has 1 N–H and O–H groups in total. The average Bonchev–Trinajstić information content (AvgIpc) is 3.24. The molecular weight excluding hydrogens is 538 g/mol. The SMILES string of the molecule is COc1ccc2c(c1)C1CC1(S(=O)(=O)N1CC3CC1CN3C)Cn1c-2c(C2CCCCC2)c2ccc(C(=O)O)cc21. The zero-order valence-corrected chi connectivity index (χ0v) is 24.5. The van der Waals surface area contributed by atoms with Gasteiger partial charge in [0, 0.05) is 54.1 Å². The molecule has 3 aromatic rings. The molecular formula is C32H37N3O5S. The predicted octanol–water partition coefficient (Wildman–Crippen LogP) is 5.02. The highest BCUT2D eigenvalue weighted by molar-refractivity contribution is 7.91. The standard InChI is InChI=1S/C32H37N3O5S/c1-33-16-22-13-21(33)17-35(22)41(38,39)32-15-27(32)26-14-23(40-2)9-11-24(26)30-29(19-6-4-3-5-7-19)25-10-8-20(31(36)37)12-28(25)34(30)18-32/h8-12,14,19,21-22,27H,3-7,13,15-18H2,1-2H3,(H,36,37). The van der Waals surface area contributed by atoms with Crippen LogP contribution in [0.5, 0.6) is 5.75 Å². The maximum Gasteiger partial charge on any atom is 0.335 e. The number of benzene rings is 2. The van der Waals surface area contributed by atoms with Crippen LogP contribution in [-0.2, 0) is 16.6 Å². The lowest BCUT2D eigenvalue weighted by Gasteiger charge is -2.34. The van der Waals surface area contributed by atoms with Gasteiger partial charge in [-0.2, -0.15) is 4.31 Å². The Morgan fingerprint density at radius 3 is 2.54 bits per heavy atom. The first kappa shape index (κ1) is 25.8. The number of carboxylic acid groups (broad SMARTS) is 1. The van der Waals surface area contributed by atoms with Crippen molar-refractivity contribution in [2.75, 3.05) is 27.2 Å². The summed E-state index contributed by atoms with van der Waals surface area (Å²) < 4.78 is 38.2. The Balaban J connectivity index is 1.38. The van der Waals surface area contributed by atoms with Gasteiger partial charge in [0.05, 0.1) is 18.4 Å². The number of carboxylic acids is 1.